The van der Waals surface area contributed by atoms with Crippen LogP contribution in [-0.4, -0.2) is 27.6 Å². The zero-order valence-corrected chi connectivity index (χ0v) is 13.2. The van der Waals surface area contributed by atoms with Gasteiger partial charge in [0.1, 0.15) is 18.0 Å². The van der Waals surface area contributed by atoms with Crippen LogP contribution in [0.15, 0.2) is 48.8 Å². The number of ether oxygens (including phenoxy) is 1. The van der Waals surface area contributed by atoms with Gasteiger partial charge in [0, 0.05) is 12.6 Å². The number of benzene rings is 1. The molecular weight excluding hydrogens is 302 g/mol. The summed E-state index contributed by atoms with van der Waals surface area (Å²) >= 11 is 0. The minimum absolute atomic E-state index is 0.110. The Balaban J connectivity index is 1.55. The highest BCUT2D eigenvalue weighted by molar-refractivity contribution is 5.87. The van der Waals surface area contributed by atoms with Crippen molar-refractivity contribution < 1.29 is 4.74 Å². The third kappa shape index (κ3) is 3.00. The van der Waals surface area contributed by atoms with Gasteiger partial charge in [-0.15, -0.1) is 0 Å². The van der Waals surface area contributed by atoms with Gasteiger partial charge in [0.25, 0.3) is 0 Å². The molecule has 3 aromatic rings. The van der Waals surface area contributed by atoms with Gasteiger partial charge >= 0.3 is 0 Å². The van der Waals surface area contributed by atoms with E-state index in [2.05, 4.69) is 32.4 Å². The second kappa shape index (κ2) is 6.41. The quantitative estimate of drug-likeness (QED) is 0.771. The lowest BCUT2D eigenvalue weighted by Gasteiger charge is -2.31. The Morgan fingerprint density at radius 2 is 1.96 bits per heavy atom. The van der Waals surface area contributed by atoms with Crippen LogP contribution in [0.1, 0.15) is 24.5 Å². The fraction of sp³-hybridized carbons (Fsp3) is 0.278. The number of nitrogens with zero attached hydrogens (tertiary/aromatic N) is 3. The second-order valence-corrected chi connectivity index (χ2v) is 5.97. The van der Waals surface area contributed by atoms with Crippen LogP contribution in [0, 0.1) is 0 Å². The average molecular weight is 321 g/mol. The lowest BCUT2D eigenvalue weighted by atomic mass is 9.97. The third-order valence-electron chi connectivity index (χ3n) is 4.31. The zero-order chi connectivity index (χ0) is 16.4. The fourth-order valence-electron chi connectivity index (χ4n) is 3.09. The number of aromatic nitrogens is 3. The molecule has 2 atom stereocenters. The van der Waals surface area contributed by atoms with Gasteiger partial charge in [-0.1, -0.05) is 30.3 Å². The summed E-state index contributed by atoms with van der Waals surface area (Å²) in [4.78, 5) is 12.8. The van der Waals surface area contributed by atoms with E-state index < -0.39 is 0 Å². The first-order valence-electron chi connectivity index (χ1n) is 8.10. The first-order chi connectivity index (χ1) is 11.8. The highest BCUT2D eigenvalue weighted by atomic mass is 16.5. The number of anilines is 2. The standard InChI is InChI=1S/C18H19N5O/c19-16-7-6-14-17(20-11-21-18(14)23-16)22-13-8-9-24-15(10-13)12-4-2-1-3-5-12/h1-7,11,13,15H,8-10H2,(H3,19,20,21,22,23). The van der Waals surface area contributed by atoms with Gasteiger partial charge in [-0.05, 0) is 30.5 Å². The number of nitrogens with one attached hydrogen (secondary N) is 1. The molecule has 1 aliphatic rings. The van der Waals surface area contributed by atoms with E-state index in [1.807, 2.05) is 24.3 Å². The molecule has 1 aromatic carbocycles. The third-order valence-corrected chi connectivity index (χ3v) is 4.31. The summed E-state index contributed by atoms with van der Waals surface area (Å²) in [5, 5.41) is 4.41. The molecule has 0 saturated carbocycles. The van der Waals surface area contributed by atoms with Crippen LogP contribution < -0.4 is 11.1 Å². The number of nitrogens with two attached hydrogens (primary N) is 1. The second-order valence-electron chi connectivity index (χ2n) is 5.97. The van der Waals surface area contributed by atoms with Crippen molar-refractivity contribution in [1.82, 2.24) is 15.0 Å². The monoisotopic (exact) mass is 321 g/mol. The molecule has 1 aliphatic heterocycles. The molecule has 1 fully saturated rings. The molecule has 6 nitrogen and oxygen atoms in total. The summed E-state index contributed by atoms with van der Waals surface area (Å²) in [5.74, 6) is 1.26. The van der Waals surface area contributed by atoms with Crippen LogP contribution in [0.3, 0.4) is 0 Å². The number of hydrogen-bond acceptors (Lipinski definition) is 6. The predicted molar refractivity (Wildman–Crippen MR) is 93.5 cm³/mol. The maximum atomic E-state index is 5.93. The molecule has 2 unspecified atom stereocenters. The predicted octanol–water partition coefficient (Wildman–Crippen LogP) is 2.94. The molecule has 0 radical (unpaired) electrons. The van der Waals surface area contributed by atoms with E-state index >= 15 is 0 Å². The molecule has 1 saturated heterocycles. The maximum Gasteiger partial charge on any atom is 0.166 e. The van der Waals surface area contributed by atoms with Gasteiger partial charge in [0.15, 0.2) is 5.65 Å². The fourth-order valence-corrected chi connectivity index (χ4v) is 3.09. The number of nitrogen functional groups attached to an aromatic ring is 1. The number of fused-ring (bicyclic) bond motifs is 1. The van der Waals surface area contributed by atoms with E-state index in [9.17, 15) is 0 Å². The Morgan fingerprint density at radius 3 is 2.83 bits per heavy atom. The highest BCUT2D eigenvalue weighted by Crippen LogP contribution is 2.30. The molecule has 0 bridgehead atoms. The molecular formula is C18H19N5O. The van der Waals surface area contributed by atoms with Crippen LogP contribution in [-0.2, 0) is 4.74 Å². The van der Waals surface area contributed by atoms with Gasteiger partial charge in [-0.2, -0.15) is 0 Å². The summed E-state index contributed by atoms with van der Waals surface area (Å²) in [6.07, 6.45) is 3.47. The zero-order valence-electron chi connectivity index (χ0n) is 13.2. The minimum atomic E-state index is 0.110. The highest BCUT2D eigenvalue weighted by Gasteiger charge is 2.24. The topological polar surface area (TPSA) is 86.0 Å². The Labute approximate surface area is 140 Å². The van der Waals surface area contributed by atoms with Crippen molar-refractivity contribution in [3.05, 3.63) is 54.4 Å². The SMILES string of the molecule is Nc1ccc2c(NC3CCOC(c4ccccc4)C3)ncnc2n1. The molecule has 0 aliphatic carbocycles. The van der Waals surface area contributed by atoms with Gasteiger partial charge in [-0.25, -0.2) is 15.0 Å². The first kappa shape index (κ1) is 14.8. The van der Waals surface area contributed by atoms with Crippen molar-refractivity contribution in [2.45, 2.75) is 25.0 Å². The normalized spacial score (nSPS) is 20.8. The Hall–Kier alpha value is -2.73. The molecule has 2 aromatic heterocycles. The van der Waals surface area contributed by atoms with Crippen LogP contribution >= 0.6 is 0 Å². The lowest BCUT2D eigenvalue weighted by molar-refractivity contribution is 0.00976. The molecule has 0 spiro atoms. The maximum absolute atomic E-state index is 5.93. The van der Waals surface area contributed by atoms with Crippen LogP contribution in [0.5, 0.6) is 0 Å². The van der Waals surface area contributed by atoms with Gasteiger partial charge in [0.05, 0.1) is 11.5 Å². The molecule has 0 amide bonds. The van der Waals surface area contributed by atoms with Crippen molar-refractivity contribution in [3.8, 4) is 0 Å². The molecule has 6 heteroatoms. The Morgan fingerprint density at radius 1 is 1.08 bits per heavy atom. The van der Waals surface area contributed by atoms with E-state index in [0.717, 1.165) is 30.7 Å². The molecule has 24 heavy (non-hydrogen) atoms. The van der Waals surface area contributed by atoms with E-state index in [4.69, 9.17) is 10.5 Å². The van der Waals surface area contributed by atoms with E-state index in [1.165, 1.54) is 11.9 Å². The molecule has 3 heterocycles. The summed E-state index contributed by atoms with van der Waals surface area (Å²) < 4.78 is 5.93. The summed E-state index contributed by atoms with van der Waals surface area (Å²) in [6.45, 7) is 0.728. The summed E-state index contributed by atoms with van der Waals surface area (Å²) in [5.41, 5.74) is 7.56. The summed E-state index contributed by atoms with van der Waals surface area (Å²) in [6, 6.07) is 14.3. The molecule has 122 valence electrons. The van der Waals surface area contributed by atoms with Crippen molar-refractivity contribution in [1.29, 1.82) is 0 Å². The van der Waals surface area contributed by atoms with E-state index in [1.54, 1.807) is 6.07 Å². The van der Waals surface area contributed by atoms with Crippen molar-refractivity contribution in [3.63, 3.8) is 0 Å². The summed E-state index contributed by atoms with van der Waals surface area (Å²) in [7, 11) is 0. The number of rotatable bonds is 3. The van der Waals surface area contributed by atoms with Crippen molar-refractivity contribution in [2.75, 3.05) is 17.7 Å². The Kier molecular flexibility index (Phi) is 3.96. The van der Waals surface area contributed by atoms with Crippen LogP contribution in [0.25, 0.3) is 11.0 Å². The molecule has 4 rings (SSSR count). The van der Waals surface area contributed by atoms with Crippen LogP contribution in [0.2, 0.25) is 0 Å². The van der Waals surface area contributed by atoms with E-state index in [-0.39, 0.29) is 6.10 Å². The van der Waals surface area contributed by atoms with Gasteiger partial charge < -0.3 is 15.8 Å². The first-order valence-corrected chi connectivity index (χ1v) is 8.10. The van der Waals surface area contributed by atoms with Gasteiger partial charge in [-0.3, -0.25) is 0 Å². The van der Waals surface area contributed by atoms with Crippen molar-refractivity contribution >= 4 is 22.7 Å². The van der Waals surface area contributed by atoms with Crippen molar-refractivity contribution in [2.24, 2.45) is 0 Å². The number of pyridine rings is 1. The average Bonchev–Trinajstić information content (AvgIpc) is 2.63. The largest absolute Gasteiger partial charge is 0.384 e. The number of hydrogen-bond donors (Lipinski definition) is 2. The van der Waals surface area contributed by atoms with Gasteiger partial charge in [0.2, 0.25) is 0 Å². The lowest BCUT2D eigenvalue weighted by Crippen LogP contribution is -2.30. The van der Waals surface area contributed by atoms with E-state index in [0.29, 0.717) is 17.5 Å². The van der Waals surface area contributed by atoms with Crippen LogP contribution in [0.4, 0.5) is 11.6 Å². The Bertz CT molecular complexity index is 839. The smallest absolute Gasteiger partial charge is 0.166 e. The molecule has 3 N–H and O–H groups in total. The minimum Gasteiger partial charge on any atom is -0.384 e.